The lowest BCUT2D eigenvalue weighted by Gasteiger charge is -2.44. The molecular formula is C18H28N2O. The number of nitrogens with one attached hydrogen (secondary N) is 1. The van der Waals surface area contributed by atoms with Crippen molar-refractivity contribution in [2.45, 2.75) is 50.8 Å². The highest BCUT2D eigenvalue weighted by Crippen LogP contribution is 2.34. The van der Waals surface area contributed by atoms with Gasteiger partial charge in [0.1, 0.15) is 0 Å². The molecule has 1 fully saturated rings. The number of hydrogen-bond donors (Lipinski definition) is 1. The van der Waals surface area contributed by atoms with Gasteiger partial charge in [0.15, 0.2) is 0 Å². The molecule has 116 valence electrons. The van der Waals surface area contributed by atoms with E-state index in [9.17, 15) is 0 Å². The van der Waals surface area contributed by atoms with E-state index in [0.29, 0.717) is 18.2 Å². The normalized spacial score (nSPS) is 27.5. The molecule has 2 unspecified atom stereocenters. The first-order valence-corrected chi connectivity index (χ1v) is 8.41. The number of aryl methyl sites for hydroxylation is 1. The van der Waals surface area contributed by atoms with Crippen LogP contribution in [0.15, 0.2) is 24.3 Å². The smallest absolute Gasteiger partial charge is 0.0595 e. The van der Waals surface area contributed by atoms with E-state index < -0.39 is 0 Å². The minimum absolute atomic E-state index is 0.467. The van der Waals surface area contributed by atoms with Crippen LogP contribution in [0.2, 0.25) is 0 Å². The molecule has 3 nitrogen and oxygen atoms in total. The maximum absolute atomic E-state index is 5.52. The molecule has 3 heteroatoms. The van der Waals surface area contributed by atoms with Crippen LogP contribution in [0, 0.1) is 0 Å². The minimum atomic E-state index is 0.467. The van der Waals surface area contributed by atoms with Crippen LogP contribution in [-0.4, -0.2) is 43.8 Å². The van der Waals surface area contributed by atoms with E-state index in [1.807, 2.05) is 7.11 Å². The molecule has 0 spiro atoms. The third kappa shape index (κ3) is 3.15. The van der Waals surface area contributed by atoms with E-state index >= 15 is 0 Å². The summed E-state index contributed by atoms with van der Waals surface area (Å²) < 4.78 is 5.52. The Bertz CT molecular complexity index is 454. The second-order valence-electron chi connectivity index (χ2n) is 6.31. The summed E-state index contributed by atoms with van der Waals surface area (Å²) in [6.07, 6.45) is 5.30. The van der Waals surface area contributed by atoms with E-state index in [4.69, 9.17) is 4.74 Å². The number of methoxy groups -OCH3 is 1. The molecule has 1 aliphatic heterocycles. The van der Waals surface area contributed by atoms with Crippen LogP contribution >= 0.6 is 0 Å². The SMILES string of the molecule is CCNC1c2ccccc2CCC1N1CCC(OC)CC1. The van der Waals surface area contributed by atoms with E-state index in [-0.39, 0.29) is 0 Å². The van der Waals surface area contributed by atoms with Gasteiger partial charge < -0.3 is 10.1 Å². The number of hydrogen-bond acceptors (Lipinski definition) is 3. The van der Waals surface area contributed by atoms with Gasteiger partial charge in [-0.2, -0.15) is 0 Å². The third-order valence-electron chi connectivity index (χ3n) is 5.19. The van der Waals surface area contributed by atoms with Crippen LogP contribution in [0.5, 0.6) is 0 Å². The van der Waals surface area contributed by atoms with Crippen LogP contribution in [0.25, 0.3) is 0 Å². The lowest BCUT2D eigenvalue weighted by molar-refractivity contribution is 0.0173. The molecule has 2 atom stereocenters. The molecule has 1 aromatic carbocycles. The molecule has 3 rings (SSSR count). The Kier molecular flexibility index (Phi) is 4.94. The fourth-order valence-electron chi connectivity index (χ4n) is 4.05. The number of likely N-dealkylation sites (tertiary alicyclic amines) is 1. The molecule has 0 aromatic heterocycles. The number of fused-ring (bicyclic) bond motifs is 1. The van der Waals surface area contributed by atoms with Crippen molar-refractivity contribution < 1.29 is 4.74 Å². The third-order valence-corrected chi connectivity index (χ3v) is 5.19. The summed E-state index contributed by atoms with van der Waals surface area (Å²) in [5.41, 5.74) is 3.05. The van der Waals surface area contributed by atoms with Gasteiger partial charge in [0.25, 0.3) is 0 Å². The quantitative estimate of drug-likeness (QED) is 0.922. The number of likely N-dealkylation sites (N-methyl/N-ethyl adjacent to an activating group) is 1. The van der Waals surface area contributed by atoms with Crippen LogP contribution in [0.1, 0.15) is 43.4 Å². The van der Waals surface area contributed by atoms with Gasteiger partial charge >= 0.3 is 0 Å². The van der Waals surface area contributed by atoms with Crippen molar-refractivity contribution in [1.29, 1.82) is 0 Å². The van der Waals surface area contributed by atoms with Crippen LogP contribution < -0.4 is 5.32 Å². The van der Waals surface area contributed by atoms with Crippen molar-refractivity contribution in [3.05, 3.63) is 35.4 Å². The van der Waals surface area contributed by atoms with Crippen molar-refractivity contribution in [3.8, 4) is 0 Å². The summed E-state index contributed by atoms with van der Waals surface area (Å²) in [5.74, 6) is 0. The number of rotatable bonds is 4. The van der Waals surface area contributed by atoms with E-state index in [0.717, 1.165) is 6.54 Å². The first-order valence-electron chi connectivity index (χ1n) is 8.41. The number of benzene rings is 1. The van der Waals surface area contributed by atoms with Gasteiger partial charge in [0.2, 0.25) is 0 Å². The molecule has 1 saturated heterocycles. The highest BCUT2D eigenvalue weighted by molar-refractivity contribution is 5.34. The Hall–Kier alpha value is -0.900. The van der Waals surface area contributed by atoms with Crippen molar-refractivity contribution in [3.63, 3.8) is 0 Å². The monoisotopic (exact) mass is 288 g/mol. The maximum atomic E-state index is 5.52. The molecule has 0 saturated carbocycles. The predicted molar refractivity (Wildman–Crippen MR) is 86.6 cm³/mol. The molecule has 0 radical (unpaired) electrons. The largest absolute Gasteiger partial charge is 0.381 e. The minimum Gasteiger partial charge on any atom is -0.381 e. The lowest BCUT2D eigenvalue weighted by Crippen LogP contribution is -2.50. The molecule has 1 N–H and O–H groups in total. The molecule has 0 bridgehead atoms. The van der Waals surface area contributed by atoms with Gasteiger partial charge in [-0.25, -0.2) is 0 Å². The zero-order valence-corrected chi connectivity index (χ0v) is 13.3. The first-order chi connectivity index (χ1) is 10.3. The zero-order valence-electron chi connectivity index (χ0n) is 13.3. The number of ether oxygens (including phenoxy) is 1. The van der Waals surface area contributed by atoms with Gasteiger partial charge in [-0.1, -0.05) is 31.2 Å². The molecule has 21 heavy (non-hydrogen) atoms. The lowest BCUT2D eigenvalue weighted by atomic mass is 9.82. The molecule has 1 aromatic rings. The average molecular weight is 288 g/mol. The van der Waals surface area contributed by atoms with Gasteiger partial charge in [0, 0.05) is 32.3 Å². The Morgan fingerprint density at radius 2 is 1.95 bits per heavy atom. The number of nitrogens with zero attached hydrogens (tertiary/aromatic N) is 1. The predicted octanol–water partition coefficient (Wildman–Crippen LogP) is 2.76. The summed E-state index contributed by atoms with van der Waals surface area (Å²) in [4.78, 5) is 2.69. The molecule has 1 aliphatic carbocycles. The molecule has 0 amide bonds. The van der Waals surface area contributed by atoms with E-state index in [1.165, 1.54) is 49.9 Å². The maximum Gasteiger partial charge on any atom is 0.0595 e. The summed E-state index contributed by atoms with van der Waals surface area (Å²) in [6, 6.07) is 10.1. The summed E-state index contributed by atoms with van der Waals surface area (Å²) in [6.45, 7) is 5.59. The second-order valence-corrected chi connectivity index (χ2v) is 6.31. The Balaban J connectivity index is 1.76. The Morgan fingerprint density at radius 3 is 2.67 bits per heavy atom. The highest BCUT2D eigenvalue weighted by atomic mass is 16.5. The Labute approximate surface area is 128 Å². The summed E-state index contributed by atoms with van der Waals surface area (Å²) in [5, 5.41) is 3.74. The van der Waals surface area contributed by atoms with Gasteiger partial charge in [-0.15, -0.1) is 0 Å². The molecule has 2 aliphatic rings. The second kappa shape index (κ2) is 6.91. The number of piperidine rings is 1. The van der Waals surface area contributed by atoms with Crippen molar-refractivity contribution in [2.24, 2.45) is 0 Å². The van der Waals surface area contributed by atoms with Crippen molar-refractivity contribution in [1.82, 2.24) is 10.2 Å². The fraction of sp³-hybridized carbons (Fsp3) is 0.667. The average Bonchev–Trinajstić information content (AvgIpc) is 2.55. The van der Waals surface area contributed by atoms with Crippen molar-refractivity contribution >= 4 is 0 Å². The standard InChI is InChI=1S/C18H28N2O/c1-3-19-18-16-7-5-4-6-14(16)8-9-17(18)20-12-10-15(21-2)11-13-20/h4-7,15,17-19H,3,8-13H2,1-2H3. The summed E-state index contributed by atoms with van der Waals surface area (Å²) in [7, 11) is 1.85. The fourth-order valence-corrected chi connectivity index (χ4v) is 4.05. The zero-order chi connectivity index (χ0) is 14.7. The molecule has 1 heterocycles. The van der Waals surface area contributed by atoms with Gasteiger partial charge in [0.05, 0.1) is 6.10 Å². The van der Waals surface area contributed by atoms with Gasteiger partial charge in [-0.3, -0.25) is 4.90 Å². The van der Waals surface area contributed by atoms with E-state index in [2.05, 4.69) is 41.4 Å². The summed E-state index contributed by atoms with van der Waals surface area (Å²) >= 11 is 0. The van der Waals surface area contributed by atoms with Crippen LogP contribution in [-0.2, 0) is 11.2 Å². The van der Waals surface area contributed by atoms with Crippen LogP contribution in [0.4, 0.5) is 0 Å². The van der Waals surface area contributed by atoms with Crippen LogP contribution in [0.3, 0.4) is 0 Å². The molecular weight excluding hydrogens is 260 g/mol. The van der Waals surface area contributed by atoms with Gasteiger partial charge in [-0.05, 0) is 43.4 Å². The first kappa shape index (κ1) is 15.0. The topological polar surface area (TPSA) is 24.5 Å². The Morgan fingerprint density at radius 1 is 1.19 bits per heavy atom. The van der Waals surface area contributed by atoms with Crippen molar-refractivity contribution in [2.75, 3.05) is 26.7 Å². The van der Waals surface area contributed by atoms with E-state index in [1.54, 1.807) is 0 Å². The highest BCUT2D eigenvalue weighted by Gasteiger charge is 2.34.